The second-order valence-corrected chi connectivity index (χ2v) is 6.81. The van der Waals surface area contributed by atoms with Gasteiger partial charge in [0.1, 0.15) is 0 Å². The van der Waals surface area contributed by atoms with Crippen molar-refractivity contribution in [1.82, 2.24) is 0 Å². The molecule has 2 N–H and O–H groups in total. The summed E-state index contributed by atoms with van der Waals surface area (Å²) in [6, 6.07) is 8.09. The molecule has 3 atom stereocenters. The maximum atomic E-state index is 10.0. The smallest absolute Gasteiger partial charge is 0.0945 e. The number of hydrogen-bond acceptors (Lipinski definition) is 3. The molecule has 0 aromatic heterocycles. The number of nitrogens with one attached hydrogen (secondary N) is 1. The van der Waals surface area contributed by atoms with Crippen LogP contribution in [0.5, 0.6) is 0 Å². The number of anilines is 1. The second-order valence-electron chi connectivity index (χ2n) is 5.65. The van der Waals surface area contributed by atoms with Crippen LogP contribution in [-0.4, -0.2) is 30.5 Å². The molecule has 1 saturated carbocycles. The third-order valence-corrected chi connectivity index (χ3v) is 4.88. The van der Waals surface area contributed by atoms with Crippen molar-refractivity contribution in [1.29, 1.82) is 0 Å². The Hall–Kier alpha value is -0.330. The van der Waals surface area contributed by atoms with Crippen molar-refractivity contribution in [2.45, 2.75) is 44.8 Å². The zero-order chi connectivity index (χ0) is 14.4. The van der Waals surface area contributed by atoms with Gasteiger partial charge in [-0.25, -0.2) is 0 Å². The third-order valence-electron chi connectivity index (χ3n) is 3.94. The zero-order valence-corrected chi connectivity index (χ0v) is 14.2. The number of para-hydroxylation sites is 1. The Morgan fingerprint density at radius 1 is 1.35 bits per heavy atom. The molecule has 0 amide bonds. The molecule has 0 saturated heterocycles. The molecule has 4 heteroatoms. The Bertz CT molecular complexity index is 413. The van der Waals surface area contributed by atoms with Gasteiger partial charge in [-0.05, 0) is 53.5 Å². The van der Waals surface area contributed by atoms with Gasteiger partial charge in [-0.2, -0.15) is 0 Å². The van der Waals surface area contributed by atoms with E-state index in [1.165, 1.54) is 22.8 Å². The number of rotatable bonds is 6. The summed E-state index contributed by atoms with van der Waals surface area (Å²) < 4.78 is 7.05. The lowest BCUT2D eigenvalue weighted by Crippen LogP contribution is -2.32. The Morgan fingerprint density at radius 3 is 2.85 bits per heavy atom. The lowest BCUT2D eigenvalue weighted by Gasteiger charge is -2.29. The van der Waals surface area contributed by atoms with Crippen LogP contribution in [0.1, 0.15) is 32.6 Å². The van der Waals surface area contributed by atoms with E-state index in [0.717, 1.165) is 12.1 Å². The molecule has 0 radical (unpaired) electrons. The van der Waals surface area contributed by atoms with Crippen LogP contribution in [0.3, 0.4) is 0 Å². The molecule has 20 heavy (non-hydrogen) atoms. The Morgan fingerprint density at radius 2 is 2.10 bits per heavy atom. The molecule has 1 aliphatic rings. The average molecular weight is 389 g/mol. The summed E-state index contributed by atoms with van der Waals surface area (Å²) in [5.74, 6) is 0.624. The number of halogens is 1. The summed E-state index contributed by atoms with van der Waals surface area (Å²) in [5.41, 5.74) is 1.07. The molecule has 0 spiro atoms. The lowest BCUT2D eigenvalue weighted by atomic mass is 9.88. The number of hydrogen-bond donors (Lipinski definition) is 2. The molecule has 3 unspecified atom stereocenters. The highest BCUT2D eigenvalue weighted by Crippen LogP contribution is 2.26. The van der Waals surface area contributed by atoms with Crippen molar-refractivity contribution in [2.75, 3.05) is 18.5 Å². The molecule has 1 aliphatic carbocycles. The number of aliphatic hydroxyl groups is 1. The van der Waals surface area contributed by atoms with Gasteiger partial charge in [0.05, 0.1) is 18.8 Å². The highest BCUT2D eigenvalue weighted by atomic mass is 127. The molecular weight excluding hydrogens is 365 g/mol. The van der Waals surface area contributed by atoms with Gasteiger partial charge in [0.2, 0.25) is 0 Å². The maximum Gasteiger partial charge on any atom is 0.0945 e. The average Bonchev–Trinajstić information content (AvgIpc) is 2.45. The fourth-order valence-electron chi connectivity index (χ4n) is 2.66. The quantitative estimate of drug-likeness (QED) is 0.730. The summed E-state index contributed by atoms with van der Waals surface area (Å²) in [7, 11) is 0. The highest BCUT2D eigenvalue weighted by Gasteiger charge is 2.22. The van der Waals surface area contributed by atoms with E-state index < -0.39 is 6.10 Å². The van der Waals surface area contributed by atoms with Crippen LogP contribution in [0.4, 0.5) is 5.69 Å². The molecule has 1 aromatic rings. The Labute approximate surface area is 135 Å². The maximum absolute atomic E-state index is 10.0. The van der Waals surface area contributed by atoms with Crippen LogP contribution in [-0.2, 0) is 4.74 Å². The summed E-state index contributed by atoms with van der Waals surface area (Å²) in [5, 5.41) is 13.3. The van der Waals surface area contributed by atoms with E-state index in [1.54, 1.807) is 0 Å². The normalized spacial score (nSPS) is 24.4. The van der Waals surface area contributed by atoms with Gasteiger partial charge in [0.25, 0.3) is 0 Å². The lowest BCUT2D eigenvalue weighted by molar-refractivity contribution is -0.0424. The topological polar surface area (TPSA) is 41.5 Å². The highest BCUT2D eigenvalue weighted by molar-refractivity contribution is 14.1. The molecule has 112 valence electrons. The fraction of sp³-hybridized carbons (Fsp3) is 0.625. The fourth-order valence-corrected chi connectivity index (χ4v) is 3.23. The predicted molar refractivity (Wildman–Crippen MR) is 91.0 cm³/mol. The van der Waals surface area contributed by atoms with Crippen molar-refractivity contribution in [3.8, 4) is 0 Å². The molecule has 1 aromatic carbocycles. The third kappa shape index (κ3) is 4.90. The SMILES string of the molecule is CC1CCCCC1OCC(O)CNc1ccccc1I. The summed E-state index contributed by atoms with van der Waals surface area (Å²) in [6.07, 6.45) is 4.83. The van der Waals surface area contributed by atoms with E-state index >= 15 is 0 Å². The van der Waals surface area contributed by atoms with Gasteiger partial charge in [0, 0.05) is 15.8 Å². The summed E-state index contributed by atoms with van der Waals surface area (Å²) in [6.45, 7) is 3.20. The molecule has 0 bridgehead atoms. The van der Waals surface area contributed by atoms with Crippen molar-refractivity contribution < 1.29 is 9.84 Å². The predicted octanol–water partition coefficient (Wildman–Crippen LogP) is 3.66. The molecule has 0 aliphatic heterocycles. The van der Waals surface area contributed by atoms with E-state index in [0.29, 0.717) is 25.2 Å². The van der Waals surface area contributed by atoms with Gasteiger partial charge in [-0.1, -0.05) is 31.9 Å². The van der Waals surface area contributed by atoms with E-state index in [9.17, 15) is 5.11 Å². The Kier molecular flexibility index (Phi) is 6.58. The van der Waals surface area contributed by atoms with E-state index in [4.69, 9.17) is 4.74 Å². The van der Waals surface area contributed by atoms with Gasteiger partial charge in [-0.15, -0.1) is 0 Å². The zero-order valence-electron chi connectivity index (χ0n) is 12.0. The van der Waals surface area contributed by atoms with Gasteiger partial charge in [-0.3, -0.25) is 0 Å². The van der Waals surface area contributed by atoms with E-state index in [-0.39, 0.29) is 0 Å². The monoisotopic (exact) mass is 389 g/mol. The number of benzene rings is 1. The van der Waals surface area contributed by atoms with Crippen LogP contribution in [0.15, 0.2) is 24.3 Å². The molecule has 0 heterocycles. The largest absolute Gasteiger partial charge is 0.389 e. The van der Waals surface area contributed by atoms with Gasteiger partial charge < -0.3 is 15.2 Å². The van der Waals surface area contributed by atoms with Crippen LogP contribution in [0.2, 0.25) is 0 Å². The number of ether oxygens (including phenoxy) is 1. The molecule has 1 fully saturated rings. The standard InChI is InChI=1S/C16H24INO2/c1-12-6-2-5-9-16(12)20-11-13(19)10-18-15-8-4-3-7-14(15)17/h3-4,7-8,12-13,16,18-19H,2,5-6,9-11H2,1H3. The minimum absolute atomic E-state index is 0.329. The van der Waals surface area contributed by atoms with Crippen LogP contribution >= 0.6 is 22.6 Å². The van der Waals surface area contributed by atoms with E-state index in [1.807, 2.05) is 18.2 Å². The van der Waals surface area contributed by atoms with Crippen molar-refractivity contribution in [3.05, 3.63) is 27.8 Å². The van der Waals surface area contributed by atoms with Crippen molar-refractivity contribution in [2.24, 2.45) is 5.92 Å². The molecule has 3 nitrogen and oxygen atoms in total. The number of aliphatic hydroxyl groups excluding tert-OH is 1. The summed E-state index contributed by atoms with van der Waals surface area (Å²) in [4.78, 5) is 0. The first-order chi connectivity index (χ1) is 9.66. The van der Waals surface area contributed by atoms with Crippen LogP contribution < -0.4 is 5.32 Å². The molecule has 2 rings (SSSR count). The second kappa shape index (κ2) is 8.20. The first-order valence-electron chi connectivity index (χ1n) is 7.45. The summed E-state index contributed by atoms with van der Waals surface area (Å²) >= 11 is 2.29. The molecular formula is C16H24INO2. The minimum atomic E-state index is -0.458. The van der Waals surface area contributed by atoms with Crippen molar-refractivity contribution in [3.63, 3.8) is 0 Å². The van der Waals surface area contributed by atoms with E-state index in [2.05, 4.69) is 40.9 Å². The van der Waals surface area contributed by atoms with Crippen molar-refractivity contribution >= 4 is 28.3 Å². The first kappa shape index (κ1) is 16.0. The van der Waals surface area contributed by atoms with Crippen LogP contribution in [0, 0.1) is 9.49 Å². The van der Waals surface area contributed by atoms with Gasteiger partial charge >= 0.3 is 0 Å². The minimum Gasteiger partial charge on any atom is -0.389 e. The Balaban J connectivity index is 1.70. The van der Waals surface area contributed by atoms with Crippen LogP contribution in [0.25, 0.3) is 0 Å². The first-order valence-corrected chi connectivity index (χ1v) is 8.52. The van der Waals surface area contributed by atoms with Gasteiger partial charge in [0.15, 0.2) is 0 Å².